The number of hydrogen-bond acceptors (Lipinski definition) is 8. The van der Waals surface area contributed by atoms with Gasteiger partial charge in [0.2, 0.25) is 0 Å². The number of nitrogens with zero attached hydrogens (tertiary/aromatic N) is 3. The molecule has 0 amide bonds. The molecule has 134 valence electrons. The van der Waals surface area contributed by atoms with Gasteiger partial charge in [-0.2, -0.15) is 0 Å². The normalized spacial score (nSPS) is 12.8. The Bertz CT molecular complexity index is 1150. The lowest BCUT2D eigenvalue weighted by Crippen LogP contribution is -2.12. The van der Waals surface area contributed by atoms with Gasteiger partial charge in [-0.3, -0.25) is 4.79 Å². The number of aromatic nitrogens is 4. The van der Waals surface area contributed by atoms with Crippen LogP contribution in [-0.2, 0) is 0 Å². The summed E-state index contributed by atoms with van der Waals surface area (Å²) in [6.45, 7) is 7.72. The van der Waals surface area contributed by atoms with E-state index in [1.807, 2.05) is 27.7 Å². The Kier molecular flexibility index (Phi) is 4.20. The summed E-state index contributed by atoms with van der Waals surface area (Å²) in [5, 5.41) is 9.07. The number of furan rings is 1. The molecule has 0 unspecified atom stereocenters. The van der Waals surface area contributed by atoms with Crippen molar-refractivity contribution in [3.8, 4) is 11.5 Å². The summed E-state index contributed by atoms with van der Waals surface area (Å²) >= 11 is 2.88. The van der Waals surface area contributed by atoms with Crippen LogP contribution in [-0.4, -0.2) is 20.2 Å². The first-order valence-electron chi connectivity index (χ1n) is 7.98. The fourth-order valence-electron chi connectivity index (χ4n) is 2.64. The smallest absolute Gasteiger partial charge is 0.277 e. The zero-order chi connectivity index (χ0) is 18.4. The van der Waals surface area contributed by atoms with Gasteiger partial charge in [0.05, 0.1) is 22.5 Å². The van der Waals surface area contributed by atoms with Gasteiger partial charge in [0, 0.05) is 4.88 Å². The van der Waals surface area contributed by atoms with E-state index in [4.69, 9.17) is 8.83 Å². The number of thiophene rings is 1. The van der Waals surface area contributed by atoms with Crippen LogP contribution in [0.1, 0.15) is 34.2 Å². The first-order chi connectivity index (χ1) is 12.4. The number of hydrogen-bond donors (Lipinski definition) is 1. The molecule has 1 atom stereocenters. The highest BCUT2D eigenvalue weighted by Crippen LogP contribution is 2.35. The molecule has 26 heavy (non-hydrogen) atoms. The molecular weight excluding hydrogens is 372 g/mol. The predicted octanol–water partition coefficient (Wildman–Crippen LogP) is 4.41. The first kappa shape index (κ1) is 17.0. The zero-order valence-corrected chi connectivity index (χ0v) is 16.2. The molecule has 0 aliphatic heterocycles. The van der Waals surface area contributed by atoms with E-state index in [9.17, 15) is 4.79 Å². The van der Waals surface area contributed by atoms with Gasteiger partial charge in [-0.25, -0.2) is 4.98 Å². The molecule has 0 aromatic carbocycles. The summed E-state index contributed by atoms with van der Waals surface area (Å²) in [6.07, 6.45) is 1.58. The van der Waals surface area contributed by atoms with Crippen molar-refractivity contribution >= 4 is 33.3 Å². The Morgan fingerprint density at radius 2 is 2.08 bits per heavy atom. The maximum atomic E-state index is 12.4. The van der Waals surface area contributed by atoms with E-state index >= 15 is 0 Å². The zero-order valence-electron chi connectivity index (χ0n) is 14.6. The quantitative estimate of drug-likeness (QED) is 0.517. The molecule has 0 fully saturated rings. The highest BCUT2D eigenvalue weighted by Gasteiger charge is 2.19. The molecule has 4 rings (SSSR count). The fraction of sp³-hybridized carbons (Fsp3) is 0.294. The summed E-state index contributed by atoms with van der Waals surface area (Å²) < 4.78 is 11.0. The first-order valence-corrected chi connectivity index (χ1v) is 9.68. The summed E-state index contributed by atoms with van der Waals surface area (Å²) in [5.41, 5.74) is 1.65. The molecule has 4 heterocycles. The van der Waals surface area contributed by atoms with Crippen LogP contribution in [0.25, 0.3) is 21.7 Å². The number of aryl methyl sites for hydroxylation is 3. The molecule has 4 aromatic heterocycles. The fourth-order valence-corrected chi connectivity index (χ4v) is 4.42. The Labute approximate surface area is 156 Å². The molecule has 0 saturated carbocycles. The summed E-state index contributed by atoms with van der Waals surface area (Å²) in [7, 11) is 0. The Morgan fingerprint density at radius 1 is 1.27 bits per heavy atom. The van der Waals surface area contributed by atoms with Crippen molar-refractivity contribution in [3.63, 3.8) is 0 Å². The molecular formula is C17H16N4O3S2. The van der Waals surface area contributed by atoms with Crippen molar-refractivity contribution < 1.29 is 8.83 Å². The summed E-state index contributed by atoms with van der Waals surface area (Å²) in [4.78, 5) is 21.8. The van der Waals surface area contributed by atoms with E-state index in [-0.39, 0.29) is 10.8 Å². The molecule has 1 N–H and O–H groups in total. The van der Waals surface area contributed by atoms with Crippen LogP contribution in [0.4, 0.5) is 0 Å². The average molecular weight is 388 g/mol. The molecule has 9 heteroatoms. The summed E-state index contributed by atoms with van der Waals surface area (Å²) in [6, 6.07) is 1.79. The monoisotopic (exact) mass is 388 g/mol. The van der Waals surface area contributed by atoms with Crippen LogP contribution in [0.2, 0.25) is 0 Å². The molecule has 0 radical (unpaired) electrons. The van der Waals surface area contributed by atoms with Crippen molar-refractivity contribution in [3.05, 3.63) is 44.7 Å². The third kappa shape index (κ3) is 2.86. The minimum atomic E-state index is -0.145. The van der Waals surface area contributed by atoms with Crippen molar-refractivity contribution in [1.82, 2.24) is 20.2 Å². The van der Waals surface area contributed by atoms with E-state index in [2.05, 4.69) is 20.2 Å². The lowest BCUT2D eigenvalue weighted by molar-refractivity contribution is 0.462. The lowest BCUT2D eigenvalue weighted by Gasteiger charge is -2.07. The van der Waals surface area contributed by atoms with Gasteiger partial charge in [0.15, 0.2) is 0 Å². The number of nitrogens with one attached hydrogen (secondary N) is 1. The number of rotatable bonds is 4. The van der Waals surface area contributed by atoms with Crippen LogP contribution in [0.5, 0.6) is 0 Å². The van der Waals surface area contributed by atoms with Crippen LogP contribution in [0.15, 0.2) is 31.2 Å². The number of H-pyrrole nitrogens is 1. The predicted molar refractivity (Wildman–Crippen MR) is 101 cm³/mol. The van der Waals surface area contributed by atoms with Crippen molar-refractivity contribution in [2.24, 2.45) is 0 Å². The second kappa shape index (κ2) is 6.40. The standard InChI is InChI=1S/C17H16N4O3S2/c1-7-9(3)25-16-12(7)14(22)18-13(19-16)10(4)26-17-21-20-15(24-17)11-5-6-23-8(11)2/h5-6,10H,1-4H3,(H,18,19,22)/t10-/m1/s1. The minimum Gasteiger partial charge on any atom is -0.469 e. The number of thioether (sulfide) groups is 1. The van der Waals surface area contributed by atoms with Gasteiger partial charge < -0.3 is 13.8 Å². The topological polar surface area (TPSA) is 97.8 Å². The Hall–Kier alpha value is -2.39. The van der Waals surface area contributed by atoms with Gasteiger partial charge in [-0.1, -0.05) is 11.8 Å². The molecule has 7 nitrogen and oxygen atoms in total. The third-order valence-electron chi connectivity index (χ3n) is 4.22. The SMILES string of the molecule is Cc1occc1-c1nnc(S[C@H](C)c2nc3sc(C)c(C)c3c(=O)[nH]2)o1. The number of fused-ring (bicyclic) bond motifs is 1. The number of aromatic amines is 1. The van der Waals surface area contributed by atoms with Crippen LogP contribution >= 0.6 is 23.1 Å². The van der Waals surface area contributed by atoms with Gasteiger partial charge in [0.1, 0.15) is 16.4 Å². The molecule has 0 saturated heterocycles. The Morgan fingerprint density at radius 3 is 2.81 bits per heavy atom. The van der Waals surface area contributed by atoms with E-state index in [0.717, 1.165) is 26.6 Å². The van der Waals surface area contributed by atoms with Gasteiger partial charge >= 0.3 is 0 Å². The lowest BCUT2D eigenvalue weighted by atomic mass is 10.2. The maximum Gasteiger partial charge on any atom is 0.277 e. The maximum absolute atomic E-state index is 12.4. The molecule has 0 bridgehead atoms. The molecule has 4 aromatic rings. The van der Waals surface area contributed by atoms with E-state index < -0.39 is 0 Å². The van der Waals surface area contributed by atoms with E-state index in [0.29, 0.717) is 22.3 Å². The Balaban J connectivity index is 1.62. The van der Waals surface area contributed by atoms with Crippen molar-refractivity contribution in [1.29, 1.82) is 0 Å². The minimum absolute atomic E-state index is 0.112. The van der Waals surface area contributed by atoms with Crippen LogP contribution in [0, 0.1) is 20.8 Å². The molecule has 0 aliphatic rings. The van der Waals surface area contributed by atoms with Gasteiger partial charge in [0.25, 0.3) is 16.7 Å². The van der Waals surface area contributed by atoms with Gasteiger partial charge in [-0.15, -0.1) is 21.5 Å². The second-order valence-electron chi connectivity index (χ2n) is 5.94. The van der Waals surface area contributed by atoms with Crippen LogP contribution in [0.3, 0.4) is 0 Å². The van der Waals surface area contributed by atoms with E-state index in [1.54, 1.807) is 12.3 Å². The molecule has 0 aliphatic carbocycles. The van der Waals surface area contributed by atoms with Crippen LogP contribution < -0.4 is 5.56 Å². The van der Waals surface area contributed by atoms with Crippen molar-refractivity contribution in [2.75, 3.05) is 0 Å². The molecule has 0 spiro atoms. The largest absolute Gasteiger partial charge is 0.469 e. The van der Waals surface area contributed by atoms with E-state index in [1.165, 1.54) is 23.1 Å². The highest BCUT2D eigenvalue weighted by molar-refractivity contribution is 7.99. The van der Waals surface area contributed by atoms with Crippen molar-refractivity contribution in [2.45, 2.75) is 38.2 Å². The average Bonchev–Trinajstić information content (AvgIpc) is 3.28. The third-order valence-corrected chi connectivity index (χ3v) is 6.26. The summed E-state index contributed by atoms with van der Waals surface area (Å²) in [5.74, 6) is 1.72. The second-order valence-corrected chi connectivity index (χ2v) is 8.43. The van der Waals surface area contributed by atoms with Gasteiger partial charge in [-0.05, 0) is 39.3 Å². The highest BCUT2D eigenvalue weighted by atomic mass is 32.2.